The molecule has 0 saturated carbocycles. The smallest absolute Gasteiger partial charge is 0.134 e. The number of aryl methyl sites for hydroxylation is 1. The van der Waals surface area contributed by atoms with E-state index >= 15 is 0 Å². The Labute approximate surface area is 123 Å². The van der Waals surface area contributed by atoms with Gasteiger partial charge in [0.2, 0.25) is 0 Å². The first kappa shape index (κ1) is 14.8. The first-order chi connectivity index (χ1) is 9.65. The lowest BCUT2D eigenvalue weighted by atomic mass is 10.1. The summed E-state index contributed by atoms with van der Waals surface area (Å²) in [5, 5.41) is 0.719. The van der Waals surface area contributed by atoms with Crippen molar-refractivity contribution < 1.29 is 9.13 Å². The Kier molecular flexibility index (Phi) is 4.99. The fourth-order valence-corrected chi connectivity index (χ4v) is 2.23. The predicted molar refractivity (Wildman–Crippen MR) is 79.5 cm³/mol. The summed E-state index contributed by atoms with van der Waals surface area (Å²) in [6.07, 6.45) is 0.826. The molecule has 0 fully saturated rings. The van der Waals surface area contributed by atoms with Crippen LogP contribution in [0.2, 0.25) is 5.02 Å². The van der Waals surface area contributed by atoms with E-state index in [2.05, 4.69) is 0 Å². The van der Waals surface area contributed by atoms with Crippen molar-refractivity contribution in [3.8, 4) is 5.75 Å². The second kappa shape index (κ2) is 6.73. The van der Waals surface area contributed by atoms with Gasteiger partial charge in [-0.3, -0.25) is 0 Å². The minimum Gasteiger partial charge on any atom is -0.489 e. The van der Waals surface area contributed by atoms with Gasteiger partial charge in [0.1, 0.15) is 18.2 Å². The molecule has 0 aliphatic heterocycles. The van der Waals surface area contributed by atoms with Gasteiger partial charge in [0.25, 0.3) is 0 Å². The van der Waals surface area contributed by atoms with Crippen LogP contribution < -0.4 is 10.5 Å². The lowest BCUT2D eigenvalue weighted by molar-refractivity contribution is 0.299. The van der Waals surface area contributed by atoms with E-state index in [9.17, 15) is 4.39 Å². The molecule has 2 rings (SSSR count). The fraction of sp³-hybridized carbons (Fsp3) is 0.250. The molecule has 0 aliphatic rings. The molecule has 0 aliphatic carbocycles. The maximum Gasteiger partial charge on any atom is 0.134 e. The highest BCUT2D eigenvalue weighted by Crippen LogP contribution is 2.23. The van der Waals surface area contributed by atoms with Gasteiger partial charge in [-0.05, 0) is 30.2 Å². The molecule has 4 heteroatoms. The third-order valence-corrected chi connectivity index (χ3v) is 3.54. The summed E-state index contributed by atoms with van der Waals surface area (Å²) in [7, 11) is 0. The number of hydrogen-bond donors (Lipinski definition) is 1. The maximum atomic E-state index is 14.0. The van der Waals surface area contributed by atoms with Gasteiger partial charge < -0.3 is 10.5 Å². The van der Waals surface area contributed by atoms with Crippen LogP contribution in [0.15, 0.2) is 36.4 Å². The zero-order valence-corrected chi connectivity index (χ0v) is 12.1. The Bertz CT molecular complexity index is 601. The molecular weight excluding hydrogens is 277 g/mol. The van der Waals surface area contributed by atoms with Crippen molar-refractivity contribution >= 4 is 11.6 Å². The van der Waals surface area contributed by atoms with E-state index in [1.165, 1.54) is 0 Å². The molecule has 0 saturated heterocycles. The zero-order valence-electron chi connectivity index (χ0n) is 11.3. The highest BCUT2D eigenvalue weighted by atomic mass is 35.5. The topological polar surface area (TPSA) is 35.2 Å². The molecular formula is C16H17ClFNO. The summed E-state index contributed by atoms with van der Waals surface area (Å²) < 4.78 is 19.6. The van der Waals surface area contributed by atoms with Crippen LogP contribution in [0.1, 0.15) is 23.6 Å². The highest BCUT2D eigenvalue weighted by molar-refractivity contribution is 6.31. The van der Waals surface area contributed by atoms with E-state index in [1.807, 2.05) is 13.0 Å². The van der Waals surface area contributed by atoms with Crippen molar-refractivity contribution in [2.75, 3.05) is 0 Å². The predicted octanol–water partition coefficient (Wildman–Crippen LogP) is 4.08. The number of hydrogen-bond acceptors (Lipinski definition) is 2. The number of nitrogens with two attached hydrogens (primary N) is 1. The van der Waals surface area contributed by atoms with Gasteiger partial charge in [-0.1, -0.05) is 36.7 Å². The minimum absolute atomic E-state index is 0.171. The third-order valence-electron chi connectivity index (χ3n) is 3.17. The second-order valence-electron chi connectivity index (χ2n) is 4.49. The Morgan fingerprint density at radius 2 is 1.90 bits per heavy atom. The van der Waals surface area contributed by atoms with Gasteiger partial charge in [0.15, 0.2) is 0 Å². The monoisotopic (exact) mass is 293 g/mol. The van der Waals surface area contributed by atoms with Crippen LogP contribution in [0.4, 0.5) is 4.39 Å². The average Bonchev–Trinajstić information content (AvgIpc) is 2.47. The van der Waals surface area contributed by atoms with Crippen LogP contribution in [0.5, 0.6) is 5.75 Å². The standard InChI is InChI=1S/C16H17ClFNO/c1-2-11-8-14(6-7-15(11)17)20-10-13-5-3-4-12(9-19)16(13)18/h3-8H,2,9-10,19H2,1H3. The van der Waals surface area contributed by atoms with E-state index in [-0.39, 0.29) is 19.0 Å². The van der Waals surface area contributed by atoms with Crippen LogP contribution in [0.3, 0.4) is 0 Å². The molecule has 106 valence electrons. The van der Waals surface area contributed by atoms with Crippen molar-refractivity contribution in [1.82, 2.24) is 0 Å². The molecule has 0 unspecified atom stereocenters. The van der Waals surface area contributed by atoms with Gasteiger partial charge in [0.05, 0.1) is 0 Å². The van der Waals surface area contributed by atoms with Crippen LogP contribution in [-0.4, -0.2) is 0 Å². The van der Waals surface area contributed by atoms with Gasteiger partial charge in [-0.2, -0.15) is 0 Å². The molecule has 0 heterocycles. The van der Waals surface area contributed by atoms with Crippen molar-refractivity contribution in [1.29, 1.82) is 0 Å². The summed E-state index contributed by atoms with van der Waals surface area (Å²) in [5.74, 6) is 0.392. The first-order valence-corrected chi connectivity index (χ1v) is 6.91. The average molecular weight is 294 g/mol. The minimum atomic E-state index is -0.292. The second-order valence-corrected chi connectivity index (χ2v) is 4.90. The molecule has 0 radical (unpaired) electrons. The Hall–Kier alpha value is -1.58. The van der Waals surface area contributed by atoms with Gasteiger partial charge in [-0.15, -0.1) is 0 Å². The summed E-state index contributed by atoms with van der Waals surface area (Å²) in [6.45, 7) is 2.38. The summed E-state index contributed by atoms with van der Waals surface area (Å²) in [6, 6.07) is 10.6. The van der Waals surface area contributed by atoms with E-state index < -0.39 is 0 Å². The van der Waals surface area contributed by atoms with Crippen molar-refractivity contribution in [3.63, 3.8) is 0 Å². The molecule has 2 N–H and O–H groups in total. The third kappa shape index (κ3) is 3.30. The molecule has 20 heavy (non-hydrogen) atoms. The van der Waals surface area contributed by atoms with Crippen molar-refractivity contribution in [2.45, 2.75) is 26.5 Å². The molecule has 0 bridgehead atoms. The van der Waals surface area contributed by atoms with Crippen LogP contribution >= 0.6 is 11.6 Å². The van der Waals surface area contributed by atoms with E-state index in [0.29, 0.717) is 16.9 Å². The van der Waals surface area contributed by atoms with Crippen molar-refractivity contribution in [3.05, 3.63) is 63.9 Å². The van der Waals surface area contributed by atoms with Gasteiger partial charge >= 0.3 is 0 Å². The Morgan fingerprint density at radius 1 is 1.15 bits per heavy atom. The van der Waals surface area contributed by atoms with E-state index in [0.717, 1.165) is 17.0 Å². The number of ether oxygens (including phenoxy) is 1. The van der Waals surface area contributed by atoms with E-state index in [4.69, 9.17) is 22.1 Å². The van der Waals surface area contributed by atoms with E-state index in [1.54, 1.807) is 30.3 Å². The molecule has 2 nitrogen and oxygen atoms in total. The normalized spacial score (nSPS) is 10.6. The fourth-order valence-electron chi connectivity index (χ4n) is 1.98. The molecule has 2 aromatic carbocycles. The van der Waals surface area contributed by atoms with Crippen LogP contribution in [0.25, 0.3) is 0 Å². The van der Waals surface area contributed by atoms with Crippen LogP contribution in [0, 0.1) is 5.82 Å². The SMILES string of the molecule is CCc1cc(OCc2cccc(CN)c2F)ccc1Cl. The number of rotatable bonds is 5. The summed E-state index contributed by atoms with van der Waals surface area (Å²) in [5.41, 5.74) is 7.50. The highest BCUT2D eigenvalue weighted by Gasteiger charge is 2.08. The van der Waals surface area contributed by atoms with Crippen LogP contribution in [-0.2, 0) is 19.6 Å². The lowest BCUT2D eigenvalue weighted by Gasteiger charge is -2.10. The molecule has 0 spiro atoms. The number of halogens is 2. The first-order valence-electron chi connectivity index (χ1n) is 6.53. The summed E-state index contributed by atoms with van der Waals surface area (Å²) in [4.78, 5) is 0. The van der Waals surface area contributed by atoms with Gasteiger partial charge in [-0.25, -0.2) is 4.39 Å². The molecule has 0 aromatic heterocycles. The Balaban J connectivity index is 2.13. The molecule has 2 aromatic rings. The largest absolute Gasteiger partial charge is 0.489 e. The zero-order chi connectivity index (χ0) is 14.5. The lowest BCUT2D eigenvalue weighted by Crippen LogP contribution is -2.05. The van der Waals surface area contributed by atoms with Gasteiger partial charge in [0, 0.05) is 22.7 Å². The summed E-state index contributed by atoms with van der Waals surface area (Å²) >= 11 is 6.05. The Morgan fingerprint density at radius 3 is 2.60 bits per heavy atom. The molecule has 0 amide bonds. The quantitative estimate of drug-likeness (QED) is 0.901. The maximum absolute atomic E-state index is 14.0. The number of benzene rings is 2. The van der Waals surface area contributed by atoms with Crippen molar-refractivity contribution in [2.24, 2.45) is 5.73 Å². The molecule has 0 atom stereocenters.